The molecule has 0 atom stereocenters. The summed E-state index contributed by atoms with van der Waals surface area (Å²) in [6.07, 6.45) is 9.91. The van der Waals surface area contributed by atoms with E-state index in [9.17, 15) is 48.8 Å². The maximum atomic E-state index is 12.2. The number of carboxylic acid groups (broad SMARTS) is 1. The summed E-state index contributed by atoms with van der Waals surface area (Å²) in [4.78, 5) is 13.9. The van der Waals surface area contributed by atoms with Gasteiger partial charge in [-0.05, 0) is 96.1 Å². The molecule has 0 bridgehead atoms. The quantitative estimate of drug-likeness (QED) is 0.0578. The van der Waals surface area contributed by atoms with Crippen molar-refractivity contribution in [2.45, 2.75) is 45.3 Å². The molecule has 0 saturated heterocycles. The normalized spacial score (nSPS) is 15.3. The van der Waals surface area contributed by atoms with E-state index in [-0.39, 0.29) is 21.1 Å². The third kappa shape index (κ3) is 8.86. The minimum Gasteiger partial charge on any atom is -0.481 e. The minimum atomic E-state index is -4.60. The molecule has 0 fully saturated rings. The Balaban J connectivity index is 1.32. The largest absolute Gasteiger partial charge is 0.481 e. The molecule has 2 aliphatic rings. The van der Waals surface area contributed by atoms with Gasteiger partial charge in [-0.2, -0.15) is 29.8 Å². The number of aromatic nitrogens is 1. The van der Waals surface area contributed by atoms with Gasteiger partial charge in [-0.25, -0.2) is 0 Å². The molecule has 5 aromatic carbocycles. The first kappa shape index (κ1) is 43.7. The molecular formula is C46H39N2O11S4+. The monoisotopic (exact) mass is 923 g/mol. The van der Waals surface area contributed by atoms with Gasteiger partial charge < -0.3 is 10.0 Å². The van der Waals surface area contributed by atoms with Crippen molar-refractivity contribution in [2.24, 2.45) is 7.05 Å². The smallest absolute Gasteiger partial charge is 0.307 e. The third-order valence-electron chi connectivity index (χ3n) is 11.2. The Morgan fingerprint density at radius 3 is 1.87 bits per heavy atom. The summed E-state index contributed by atoms with van der Waals surface area (Å²) >= 11 is 1.51. The van der Waals surface area contributed by atoms with Crippen LogP contribution in [0.2, 0.25) is 0 Å². The van der Waals surface area contributed by atoms with Crippen LogP contribution in [0.3, 0.4) is 0 Å². The second-order valence-electron chi connectivity index (χ2n) is 15.1. The number of rotatable bonds is 10. The van der Waals surface area contributed by atoms with Gasteiger partial charge in [-0.1, -0.05) is 72.5 Å². The summed E-state index contributed by atoms with van der Waals surface area (Å²) < 4.78 is 105. The molecule has 63 heavy (non-hydrogen) atoms. The van der Waals surface area contributed by atoms with Gasteiger partial charge in [0.1, 0.15) is 11.9 Å². The van der Waals surface area contributed by atoms with E-state index in [1.807, 2.05) is 72.3 Å². The van der Waals surface area contributed by atoms with Crippen LogP contribution in [0.1, 0.15) is 41.5 Å². The zero-order valence-electron chi connectivity index (χ0n) is 33.6. The molecule has 8 rings (SSSR count). The van der Waals surface area contributed by atoms with E-state index in [1.54, 1.807) is 42.3 Å². The summed E-state index contributed by atoms with van der Waals surface area (Å²) in [5.74, 6) is -0.944. The molecule has 13 nitrogen and oxygen atoms in total. The van der Waals surface area contributed by atoms with Crippen LogP contribution in [0.5, 0.6) is 0 Å². The number of benzene rings is 5. The van der Waals surface area contributed by atoms with Crippen LogP contribution in [-0.4, -0.2) is 57.0 Å². The van der Waals surface area contributed by atoms with Crippen LogP contribution in [0.15, 0.2) is 157 Å². The maximum Gasteiger partial charge on any atom is 0.307 e. The lowest BCUT2D eigenvalue weighted by Crippen LogP contribution is -2.30. The van der Waals surface area contributed by atoms with Gasteiger partial charge in [-0.3, -0.25) is 18.5 Å². The molecule has 0 amide bonds. The van der Waals surface area contributed by atoms with Crippen LogP contribution in [0, 0.1) is 0 Å². The molecule has 2 heterocycles. The summed E-state index contributed by atoms with van der Waals surface area (Å²) in [6, 6.07) is 27.9. The van der Waals surface area contributed by atoms with Crippen molar-refractivity contribution in [3.8, 4) is 0 Å². The van der Waals surface area contributed by atoms with E-state index in [0.29, 0.717) is 52.0 Å². The number of anilines is 2. The van der Waals surface area contributed by atoms with Crippen molar-refractivity contribution in [2.75, 3.05) is 11.9 Å². The lowest BCUT2D eigenvalue weighted by atomic mass is 9.89. The van der Waals surface area contributed by atoms with Crippen LogP contribution in [-0.2, 0) is 48.6 Å². The van der Waals surface area contributed by atoms with Crippen LogP contribution < -0.4 is 9.47 Å². The highest BCUT2D eigenvalue weighted by Crippen LogP contribution is 2.47. The zero-order valence-corrected chi connectivity index (χ0v) is 36.9. The van der Waals surface area contributed by atoms with E-state index < -0.39 is 36.3 Å². The van der Waals surface area contributed by atoms with Crippen LogP contribution in [0.25, 0.3) is 33.5 Å². The van der Waals surface area contributed by atoms with Gasteiger partial charge in [0.25, 0.3) is 30.4 Å². The number of thioether (sulfide) groups is 1. The van der Waals surface area contributed by atoms with Crippen molar-refractivity contribution in [1.82, 2.24) is 0 Å². The van der Waals surface area contributed by atoms with E-state index in [4.69, 9.17) is 0 Å². The van der Waals surface area contributed by atoms with Gasteiger partial charge in [0.05, 0.1) is 38.4 Å². The highest BCUT2D eigenvalue weighted by molar-refractivity contribution is 8.03. The van der Waals surface area contributed by atoms with Crippen molar-refractivity contribution in [3.63, 3.8) is 0 Å². The predicted octanol–water partition coefficient (Wildman–Crippen LogP) is 8.57. The first-order valence-electron chi connectivity index (χ1n) is 19.4. The molecule has 17 heteroatoms. The predicted molar refractivity (Wildman–Crippen MR) is 242 cm³/mol. The topological polar surface area (TPSA) is 208 Å². The molecular weight excluding hydrogens is 885 g/mol. The molecule has 0 saturated carbocycles. The fourth-order valence-corrected chi connectivity index (χ4v) is 10.7. The fraction of sp³-hybridized carbons (Fsp3) is 0.130. The van der Waals surface area contributed by atoms with Gasteiger partial charge >= 0.3 is 5.97 Å². The van der Waals surface area contributed by atoms with Gasteiger partial charge in [-0.15, -0.1) is 0 Å². The second-order valence-corrected chi connectivity index (χ2v) is 20.5. The van der Waals surface area contributed by atoms with Crippen molar-refractivity contribution >= 4 is 92.9 Å². The number of fused-ring (bicyclic) bond motifs is 4. The van der Waals surface area contributed by atoms with E-state index in [1.165, 1.54) is 48.2 Å². The highest BCUT2D eigenvalue weighted by Gasteiger charge is 2.28. The van der Waals surface area contributed by atoms with Gasteiger partial charge in [0, 0.05) is 45.7 Å². The molecule has 322 valence electrons. The number of para-hydroxylation sites is 1. The number of aryl methyl sites for hydroxylation is 1. The van der Waals surface area contributed by atoms with Crippen molar-refractivity contribution in [1.29, 1.82) is 0 Å². The lowest BCUT2D eigenvalue weighted by Gasteiger charge is -2.32. The Morgan fingerprint density at radius 2 is 1.27 bits per heavy atom. The zero-order chi connectivity index (χ0) is 45.0. The third-order valence-corrected chi connectivity index (χ3v) is 15.0. The van der Waals surface area contributed by atoms with Crippen LogP contribution in [0.4, 0.5) is 11.4 Å². The number of carbonyl (C=O) groups is 1. The molecule has 4 N–H and O–H groups in total. The summed E-state index contributed by atoms with van der Waals surface area (Å²) in [7, 11) is -10.2. The number of carboxylic acids is 1. The Morgan fingerprint density at radius 1 is 0.698 bits per heavy atom. The summed E-state index contributed by atoms with van der Waals surface area (Å²) in [5.41, 5.74) is 7.42. The number of allylic oxidation sites excluding steroid dienone is 5. The average Bonchev–Trinajstić information content (AvgIpc) is 3.23. The lowest BCUT2D eigenvalue weighted by molar-refractivity contribution is -0.617. The minimum absolute atomic E-state index is 0.127. The molecule has 0 radical (unpaired) electrons. The SMILES string of the molecule is CN1c2cc(S(=O)(=O)O)ccc2C(=C/C=C2\CCCC(/C=C/c3c4ccccc4[n+](C)c4cc(S(=O)(=O)O)ccc34)=C2Sc2ccc(CC(=O)O)cc2)c2ccc(S(=O)(=O)O)cc21. The molecule has 1 aliphatic heterocycles. The number of aliphatic carboxylic acids is 1. The first-order chi connectivity index (χ1) is 29.8. The number of hydrogen-bond acceptors (Lipinski definition) is 9. The highest BCUT2D eigenvalue weighted by atomic mass is 32.2. The average molecular weight is 924 g/mol. The maximum absolute atomic E-state index is 12.2. The number of pyridine rings is 1. The number of nitrogens with zero attached hydrogens (tertiary/aromatic N) is 2. The second kappa shape index (κ2) is 16.7. The Hall–Kier alpha value is -5.92. The molecule has 6 aromatic rings. The molecule has 0 spiro atoms. The Kier molecular flexibility index (Phi) is 11.6. The van der Waals surface area contributed by atoms with Gasteiger partial charge in [0.2, 0.25) is 11.0 Å². The Labute approximate surface area is 368 Å². The summed E-state index contributed by atoms with van der Waals surface area (Å²) in [6.45, 7) is 0. The van der Waals surface area contributed by atoms with E-state index in [2.05, 4.69) is 0 Å². The first-order valence-corrected chi connectivity index (χ1v) is 24.5. The van der Waals surface area contributed by atoms with Gasteiger partial charge in [0.15, 0.2) is 0 Å². The van der Waals surface area contributed by atoms with Crippen molar-refractivity contribution in [3.05, 3.63) is 160 Å². The Bertz CT molecular complexity index is 3310. The fourth-order valence-electron chi connectivity index (χ4n) is 8.12. The van der Waals surface area contributed by atoms with E-state index >= 15 is 0 Å². The molecule has 1 aromatic heterocycles. The molecule has 1 aliphatic carbocycles. The molecule has 0 unspecified atom stereocenters. The van der Waals surface area contributed by atoms with Crippen LogP contribution >= 0.6 is 11.8 Å². The van der Waals surface area contributed by atoms with Crippen molar-refractivity contribution < 1.29 is 53.4 Å². The standard InChI is InChI=1S/C46H38N2O11S4/c1-47-41-9-4-3-8-37(41)35(38-21-16-32(25-42(38)47)61(51,52)53)19-12-29-6-5-7-30(46(29)60-31-14-10-28(11-15-31)24-45(49)50)13-20-36-39-22-17-33(62(54,55)56)26-43(39)48(2)44-27-34(63(57,58)59)18-23-40(36)44/h3-4,8-23,25-27H,5-7,24H2,1-2H3,(H3-,49,50,51,52,53,54,55,56,57,58,59)/p+1. The number of hydrogen-bond donors (Lipinski definition) is 4. The van der Waals surface area contributed by atoms with E-state index in [0.717, 1.165) is 49.2 Å². The summed E-state index contributed by atoms with van der Waals surface area (Å²) in [5, 5.41) is 11.0.